The van der Waals surface area contributed by atoms with Gasteiger partial charge in [0.05, 0.1) is 19.6 Å². The number of nitrogens with one attached hydrogen (secondary N) is 1. The minimum atomic E-state index is -0.796. The van der Waals surface area contributed by atoms with Gasteiger partial charge in [-0.2, -0.15) is 0 Å². The van der Waals surface area contributed by atoms with Crippen molar-refractivity contribution in [3.05, 3.63) is 52.5 Å². The summed E-state index contributed by atoms with van der Waals surface area (Å²) in [7, 11) is 1.30. The Morgan fingerprint density at radius 2 is 1.96 bits per heavy atom. The van der Waals surface area contributed by atoms with Crippen LogP contribution in [0, 0.1) is 5.82 Å². The lowest BCUT2D eigenvalue weighted by molar-refractivity contribution is -0.141. The van der Waals surface area contributed by atoms with Crippen molar-refractivity contribution in [3.8, 4) is 5.75 Å². The van der Waals surface area contributed by atoms with Crippen molar-refractivity contribution in [3.63, 3.8) is 0 Å². The summed E-state index contributed by atoms with van der Waals surface area (Å²) in [6.45, 7) is 1.59. The van der Waals surface area contributed by atoms with Crippen LogP contribution in [0.25, 0.3) is 0 Å². The Morgan fingerprint density at radius 3 is 2.54 bits per heavy atom. The van der Waals surface area contributed by atoms with Gasteiger partial charge in [0.1, 0.15) is 11.6 Å². The molecule has 0 aliphatic carbocycles. The summed E-state index contributed by atoms with van der Waals surface area (Å²) in [5, 5.41) is 4.65. The van der Waals surface area contributed by atoms with Gasteiger partial charge in [0.25, 0.3) is 5.91 Å². The first-order valence-corrected chi connectivity index (χ1v) is 8.20. The minimum absolute atomic E-state index is 0.0338. The quantitative estimate of drug-likeness (QED) is 0.779. The van der Waals surface area contributed by atoms with Crippen LogP contribution in [0.2, 0.25) is 0 Å². The number of hydrogen-bond acceptors (Lipinski definition) is 5. The number of halogens is 1. The number of carbonyl (C=O) groups excluding carboxylic acids is 2. The minimum Gasteiger partial charge on any atom is -0.481 e. The third kappa shape index (κ3) is 5.06. The van der Waals surface area contributed by atoms with Crippen LogP contribution in [-0.2, 0) is 14.3 Å². The number of thiophene rings is 1. The van der Waals surface area contributed by atoms with Gasteiger partial charge >= 0.3 is 5.97 Å². The number of esters is 1. The molecular weight excluding hydrogens is 333 g/mol. The van der Waals surface area contributed by atoms with Crippen LogP contribution < -0.4 is 10.1 Å². The van der Waals surface area contributed by atoms with E-state index in [1.54, 1.807) is 6.92 Å². The second kappa shape index (κ2) is 8.44. The average molecular weight is 351 g/mol. The van der Waals surface area contributed by atoms with E-state index in [4.69, 9.17) is 4.74 Å². The van der Waals surface area contributed by atoms with Gasteiger partial charge < -0.3 is 14.8 Å². The Morgan fingerprint density at radius 1 is 1.25 bits per heavy atom. The van der Waals surface area contributed by atoms with Crippen LogP contribution in [0.4, 0.5) is 4.39 Å². The lowest BCUT2D eigenvalue weighted by atomic mass is 10.1. The van der Waals surface area contributed by atoms with E-state index in [9.17, 15) is 14.0 Å². The number of benzene rings is 1. The normalized spacial score (nSPS) is 13.0. The molecule has 0 fully saturated rings. The molecule has 0 saturated heterocycles. The van der Waals surface area contributed by atoms with E-state index in [0.29, 0.717) is 5.75 Å². The summed E-state index contributed by atoms with van der Waals surface area (Å²) < 4.78 is 23.1. The molecule has 7 heteroatoms. The van der Waals surface area contributed by atoms with Crippen LogP contribution in [0.3, 0.4) is 0 Å². The van der Waals surface area contributed by atoms with Gasteiger partial charge in [-0.25, -0.2) is 4.39 Å². The van der Waals surface area contributed by atoms with E-state index in [1.165, 1.54) is 42.7 Å². The highest BCUT2D eigenvalue weighted by atomic mass is 32.1. The summed E-state index contributed by atoms with van der Waals surface area (Å²) in [5.41, 5.74) is 0. The van der Waals surface area contributed by atoms with E-state index >= 15 is 0 Å². The third-order valence-corrected chi connectivity index (χ3v) is 4.28. The Labute approximate surface area is 143 Å². The standard InChI is InChI=1S/C17H18FNO4S/c1-11(23-13-7-5-12(18)6-8-13)17(21)19-14(10-16(20)22-2)15-4-3-9-24-15/h3-9,11,14H,10H2,1-2H3,(H,19,21). The lowest BCUT2D eigenvalue weighted by Gasteiger charge is -2.20. The molecule has 128 valence electrons. The highest BCUT2D eigenvalue weighted by Crippen LogP contribution is 2.23. The molecule has 24 heavy (non-hydrogen) atoms. The third-order valence-electron chi connectivity index (χ3n) is 3.30. The zero-order chi connectivity index (χ0) is 17.5. The van der Waals surface area contributed by atoms with Gasteiger partial charge in [-0.3, -0.25) is 9.59 Å². The van der Waals surface area contributed by atoms with Gasteiger partial charge in [-0.1, -0.05) is 6.07 Å². The fourth-order valence-corrected chi connectivity index (χ4v) is 2.80. The molecule has 1 N–H and O–H groups in total. The van der Waals surface area contributed by atoms with Crippen molar-refractivity contribution in [2.24, 2.45) is 0 Å². The first-order valence-electron chi connectivity index (χ1n) is 7.32. The Kier molecular flexibility index (Phi) is 6.31. The molecule has 2 rings (SSSR count). The van der Waals surface area contributed by atoms with Crippen LogP contribution in [0.15, 0.2) is 41.8 Å². The predicted molar refractivity (Wildman–Crippen MR) is 88.3 cm³/mol. The molecule has 1 aromatic heterocycles. The molecule has 2 aromatic rings. The molecule has 1 heterocycles. The molecule has 0 aliphatic rings. The van der Waals surface area contributed by atoms with Crippen molar-refractivity contribution in [1.82, 2.24) is 5.32 Å². The average Bonchev–Trinajstić information content (AvgIpc) is 3.10. The van der Waals surface area contributed by atoms with Gasteiger partial charge in [0, 0.05) is 4.88 Å². The molecule has 0 spiro atoms. The molecule has 0 saturated carbocycles. The van der Waals surface area contributed by atoms with Crippen molar-refractivity contribution >= 4 is 23.2 Å². The molecule has 0 bridgehead atoms. The van der Waals surface area contributed by atoms with E-state index in [0.717, 1.165) is 4.88 Å². The Hall–Kier alpha value is -2.41. The number of hydrogen-bond donors (Lipinski definition) is 1. The first kappa shape index (κ1) is 17.9. The van der Waals surface area contributed by atoms with Crippen LogP contribution >= 0.6 is 11.3 Å². The second-order valence-corrected chi connectivity index (χ2v) is 6.05. The fraction of sp³-hybridized carbons (Fsp3) is 0.294. The SMILES string of the molecule is COC(=O)CC(NC(=O)C(C)Oc1ccc(F)cc1)c1cccs1. The summed E-state index contributed by atoms with van der Waals surface area (Å²) >= 11 is 1.44. The maximum atomic E-state index is 12.9. The van der Waals surface area contributed by atoms with Crippen LogP contribution in [0.5, 0.6) is 5.75 Å². The zero-order valence-electron chi connectivity index (χ0n) is 13.3. The maximum Gasteiger partial charge on any atom is 0.307 e. The molecular formula is C17H18FNO4S. The fourth-order valence-electron chi connectivity index (χ4n) is 2.02. The number of methoxy groups -OCH3 is 1. The topological polar surface area (TPSA) is 64.6 Å². The van der Waals surface area contributed by atoms with Gasteiger partial charge in [0.15, 0.2) is 6.10 Å². The van der Waals surface area contributed by atoms with Crippen molar-refractivity contribution in [2.75, 3.05) is 7.11 Å². The van der Waals surface area contributed by atoms with E-state index < -0.39 is 18.1 Å². The van der Waals surface area contributed by atoms with Gasteiger partial charge in [-0.15, -0.1) is 11.3 Å². The lowest BCUT2D eigenvalue weighted by Crippen LogP contribution is -2.39. The second-order valence-electron chi connectivity index (χ2n) is 5.07. The number of rotatable bonds is 7. The molecule has 2 atom stereocenters. The molecule has 1 aromatic carbocycles. The number of ether oxygens (including phenoxy) is 2. The Bertz CT molecular complexity index is 672. The highest BCUT2D eigenvalue weighted by molar-refractivity contribution is 7.10. The molecule has 0 aliphatic heterocycles. The molecule has 5 nitrogen and oxygen atoms in total. The van der Waals surface area contributed by atoms with Crippen LogP contribution in [0.1, 0.15) is 24.3 Å². The van der Waals surface area contributed by atoms with Gasteiger partial charge in [-0.05, 0) is 42.6 Å². The molecule has 1 amide bonds. The monoisotopic (exact) mass is 351 g/mol. The largest absolute Gasteiger partial charge is 0.481 e. The Balaban J connectivity index is 2.00. The van der Waals surface area contributed by atoms with Crippen LogP contribution in [-0.4, -0.2) is 25.1 Å². The summed E-state index contributed by atoms with van der Waals surface area (Å²) in [6.07, 6.45) is -0.762. The van der Waals surface area contributed by atoms with Crippen molar-refractivity contribution in [1.29, 1.82) is 0 Å². The van der Waals surface area contributed by atoms with Crippen molar-refractivity contribution < 1.29 is 23.5 Å². The number of carbonyl (C=O) groups is 2. The number of amides is 1. The molecule has 2 unspecified atom stereocenters. The zero-order valence-corrected chi connectivity index (χ0v) is 14.1. The van der Waals surface area contributed by atoms with Crippen molar-refractivity contribution in [2.45, 2.75) is 25.5 Å². The predicted octanol–water partition coefficient (Wildman–Crippen LogP) is 3.08. The highest BCUT2D eigenvalue weighted by Gasteiger charge is 2.23. The summed E-state index contributed by atoms with van der Waals surface area (Å²) in [5.74, 6) is -0.780. The molecule has 0 radical (unpaired) electrons. The summed E-state index contributed by atoms with van der Waals surface area (Å²) in [6, 6.07) is 8.61. The first-order chi connectivity index (χ1) is 11.5. The van der Waals surface area contributed by atoms with E-state index in [1.807, 2.05) is 17.5 Å². The maximum absolute atomic E-state index is 12.9. The van der Waals surface area contributed by atoms with Gasteiger partial charge in [0.2, 0.25) is 0 Å². The van der Waals surface area contributed by atoms with E-state index in [2.05, 4.69) is 10.1 Å². The smallest absolute Gasteiger partial charge is 0.307 e. The summed E-state index contributed by atoms with van der Waals surface area (Å²) in [4.78, 5) is 24.7. The van der Waals surface area contributed by atoms with E-state index in [-0.39, 0.29) is 18.1 Å².